The monoisotopic (exact) mass is 258 g/mol. The maximum Gasteiger partial charge on any atom is 0.354 e. The van der Waals surface area contributed by atoms with E-state index in [2.05, 4.69) is 5.10 Å². The van der Waals surface area contributed by atoms with Crippen molar-refractivity contribution in [1.29, 1.82) is 0 Å². The minimum atomic E-state index is -0.956. The zero-order valence-electron chi connectivity index (χ0n) is 9.62. The zero-order chi connectivity index (χ0) is 12.7. The number of carboxylic acid groups (broad SMARTS) is 1. The SMILES string of the molecule is Cn1nc2c(-c3ccsc3)cccc2c1C(=O)O. The molecule has 1 aromatic carbocycles. The van der Waals surface area contributed by atoms with Gasteiger partial charge in [-0.1, -0.05) is 18.2 Å². The second-order valence-corrected chi connectivity index (χ2v) is 4.77. The number of thiophene rings is 1. The Morgan fingerprint density at radius 3 is 2.89 bits per heavy atom. The number of nitrogens with zero attached hydrogens (tertiary/aromatic N) is 2. The molecule has 0 aliphatic carbocycles. The van der Waals surface area contributed by atoms with Crippen LogP contribution in [-0.2, 0) is 7.05 Å². The van der Waals surface area contributed by atoms with Gasteiger partial charge in [-0.05, 0) is 22.4 Å². The molecule has 2 heterocycles. The molecule has 0 aliphatic heterocycles. The van der Waals surface area contributed by atoms with E-state index in [0.717, 1.165) is 16.6 Å². The van der Waals surface area contributed by atoms with Crippen molar-refractivity contribution in [1.82, 2.24) is 9.78 Å². The van der Waals surface area contributed by atoms with E-state index in [1.165, 1.54) is 4.68 Å². The summed E-state index contributed by atoms with van der Waals surface area (Å²) in [5.41, 5.74) is 3.00. The number of aromatic carboxylic acids is 1. The maximum absolute atomic E-state index is 11.2. The van der Waals surface area contributed by atoms with Crippen LogP contribution in [0.5, 0.6) is 0 Å². The van der Waals surface area contributed by atoms with Crippen molar-refractivity contribution >= 4 is 28.2 Å². The van der Waals surface area contributed by atoms with E-state index < -0.39 is 5.97 Å². The zero-order valence-corrected chi connectivity index (χ0v) is 10.4. The van der Waals surface area contributed by atoms with Crippen LogP contribution in [0.15, 0.2) is 35.0 Å². The summed E-state index contributed by atoms with van der Waals surface area (Å²) in [5, 5.41) is 18.2. The van der Waals surface area contributed by atoms with Gasteiger partial charge in [0.15, 0.2) is 5.69 Å². The highest BCUT2D eigenvalue weighted by Gasteiger charge is 2.17. The Bertz CT molecular complexity index is 729. The van der Waals surface area contributed by atoms with Gasteiger partial charge in [0, 0.05) is 18.0 Å². The summed E-state index contributed by atoms with van der Waals surface area (Å²) in [4.78, 5) is 11.2. The van der Waals surface area contributed by atoms with Crippen LogP contribution >= 0.6 is 11.3 Å². The van der Waals surface area contributed by atoms with Gasteiger partial charge in [0.2, 0.25) is 0 Å². The lowest BCUT2D eigenvalue weighted by Crippen LogP contribution is -2.05. The molecule has 3 rings (SSSR count). The minimum Gasteiger partial charge on any atom is -0.477 e. The third-order valence-corrected chi connectivity index (χ3v) is 3.58. The van der Waals surface area contributed by atoms with Crippen LogP contribution in [0, 0.1) is 0 Å². The van der Waals surface area contributed by atoms with Gasteiger partial charge in [0.25, 0.3) is 0 Å². The van der Waals surface area contributed by atoms with Crippen LogP contribution in [0.4, 0.5) is 0 Å². The van der Waals surface area contributed by atoms with Gasteiger partial charge in [-0.15, -0.1) is 0 Å². The standard InChI is InChI=1S/C13H10N2O2S/c1-15-12(13(16)17)10-4-2-3-9(11(10)14-15)8-5-6-18-7-8/h2-7H,1H3,(H,16,17). The van der Waals surface area contributed by atoms with Crippen LogP contribution in [0.3, 0.4) is 0 Å². The highest BCUT2D eigenvalue weighted by Crippen LogP contribution is 2.30. The molecule has 3 aromatic rings. The lowest BCUT2D eigenvalue weighted by molar-refractivity contribution is 0.0687. The molecule has 18 heavy (non-hydrogen) atoms. The van der Waals surface area contributed by atoms with Gasteiger partial charge in [-0.2, -0.15) is 16.4 Å². The van der Waals surface area contributed by atoms with Crippen molar-refractivity contribution in [2.24, 2.45) is 7.05 Å². The van der Waals surface area contributed by atoms with Crippen LogP contribution < -0.4 is 0 Å². The molecule has 5 heteroatoms. The fraction of sp³-hybridized carbons (Fsp3) is 0.0769. The number of carboxylic acids is 1. The predicted molar refractivity (Wildman–Crippen MR) is 71.0 cm³/mol. The maximum atomic E-state index is 11.2. The van der Waals surface area contributed by atoms with E-state index in [-0.39, 0.29) is 5.69 Å². The molecule has 1 N–H and O–H groups in total. The summed E-state index contributed by atoms with van der Waals surface area (Å²) >= 11 is 1.61. The van der Waals surface area contributed by atoms with Crippen molar-refractivity contribution in [2.75, 3.05) is 0 Å². The summed E-state index contributed by atoms with van der Waals surface area (Å²) < 4.78 is 1.42. The van der Waals surface area contributed by atoms with Crippen LogP contribution in [0.25, 0.3) is 22.0 Å². The summed E-state index contributed by atoms with van der Waals surface area (Å²) in [7, 11) is 1.65. The van der Waals surface area contributed by atoms with E-state index >= 15 is 0 Å². The molecule has 0 aliphatic rings. The van der Waals surface area contributed by atoms with Crippen molar-refractivity contribution in [2.45, 2.75) is 0 Å². The average Bonchev–Trinajstić information content (AvgIpc) is 2.93. The topological polar surface area (TPSA) is 55.1 Å². The van der Waals surface area contributed by atoms with E-state index in [9.17, 15) is 9.90 Å². The van der Waals surface area contributed by atoms with E-state index in [1.807, 2.05) is 29.0 Å². The molecule has 0 saturated carbocycles. The Balaban J connectivity index is 2.37. The van der Waals surface area contributed by atoms with Gasteiger partial charge in [-0.3, -0.25) is 4.68 Å². The lowest BCUT2D eigenvalue weighted by atomic mass is 10.1. The highest BCUT2D eigenvalue weighted by molar-refractivity contribution is 7.08. The summed E-state index contributed by atoms with van der Waals surface area (Å²) in [6, 6.07) is 7.63. The molecule has 90 valence electrons. The Morgan fingerprint density at radius 1 is 1.39 bits per heavy atom. The van der Waals surface area contributed by atoms with Crippen LogP contribution in [-0.4, -0.2) is 20.9 Å². The second kappa shape index (κ2) is 3.96. The fourth-order valence-corrected chi connectivity index (χ4v) is 2.78. The molecule has 0 spiro atoms. The number of fused-ring (bicyclic) bond motifs is 1. The summed E-state index contributed by atoms with van der Waals surface area (Å²) in [5.74, 6) is -0.956. The van der Waals surface area contributed by atoms with E-state index in [1.54, 1.807) is 24.5 Å². The molecular formula is C13H10N2O2S. The number of hydrogen-bond donors (Lipinski definition) is 1. The molecule has 4 nitrogen and oxygen atoms in total. The second-order valence-electron chi connectivity index (χ2n) is 3.99. The summed E-state index contributed by atoms with van der Waals surface area (Å²) in [6.45, 7) is 0. The Labute approximate surface area is 107 Å². The molecule has 2 aromatic heterocycles. The summed E-state index contributed by atoms with van der Waals surface area (Å²) in [6.07, 6.45) is 0. The number of aromatic nitrogens is 2. The first-order valence-electron chi connectivity index (χ1n) is 5.40. The van der Waals surface area contributed by atoms with Gasteiger partial charge in [0.05, 0.1) is 0 Å². The van der Waals surface area contributed by atoms with Crippen LogP contribution in [0.1, 0.15) is 10.5 Å². The molecule has 0 amide bonds. The molecule has 0 atom stereocenters. The molecule has 0 unspecified atom stereocenters. The Morgan fingerprint density at radius 2 is 2.22 bits per heavy atom. The highest BCUT2D eigenvalue weighted by atomic mass is 32.1. The van der Waals surface area contributed by atoms with Gasteiger partial charge in [-0.25, -0.2) is 4.79 Å². The van der Waals surface area contributed by atoms with E-state index in [0.29, 0.717) is 5.39 Å². The van der Waals surface area contributed by atoms with Crippen molar-refractivity contribution < 1.29 is 9.90 Å². The molecule has 0 saturated heterocycles. The third kappa shape index (κ3) is 1.52. The van der Waals surface area contributed by atoms with Crippen molar-refractivity contribution in [3.8, 4) is 11.1 Å². The van der Waals surface area contributed by atoms with Gasteiger partial charge in [0.1, 0.15) is 5.52 Å². The average molecular weight is 258 g/mol. The number of aryl methyl sites for hydroxylation is 1. The number of hydrogen-bond acceptors (Lipinski definition) is 3. The fourth-order valence-electron chi connectivity index (χ4n) is 2.12. The van der Waals surface area contributed by atoms with Gasteiger partial charge >= 0.3 is 5.97 Å². The molecule has 0 bridgehead atoms. The molecule has 0 radical (unpaired) electrons. The smallest absolute Gasteiger partial charge is 0.354 e. The van der Waals surface area contributed by atoms with Crippen molar-refractivity contribution in [3.63, 3.8) is 0 Å². The lowest BCUT2D eigenvalue weighted by Gasteiger charge is -1.98. The quantitative estimate of drug-likeness (QED) is 0.768. The number of rotatable bonds is 2. The first kappa shape index (κ1) is 11.0. The van der Waals surface area contributed by atoms with Crippen molar-refractivity contribution in [3.05, 3.63) is 40.7 Å². The third-order valence-electron chi connectivity index (χ3n) is 2.90. The Kier molecular flexibility index (Phi) is 2.41. The minimum absolute atomic E-state index is 0.224. The predicted octanol–water partition coefficient (Wildman–Crippen LogP) is 3.00. The Hall–Kier alpha value is -2.14. The first-order chi connectivity index (χ1) is 8.68. The first-order valence-corrected chi connectivity index (χ1v) is 6.34. The largest absolute Gasteiger partial charge is 0.477 e. The molecule has 0 fully saturated rings. The van der Waals surface area contributed by atoms with Gasteiger partial charge < -0.3 is 5.11 Å². The normalized spacial score (nSPS) is 10.9. The number of carbonyl (C=O) groups is 1. The number of benzene rings is 1. The van der Waals surface area contributed by atoms with Crippen LogP contribution in [0.2, 0.25) is 0 Å². The molecular weight excluding hydrogens is 248 g/mol. The van der Waals surface area contributed by atoms with E-state index in [4.69, 9.17) is 0 Å².